The molecule has 3 N–H and O–H groups in total. The van der Waals surface area contributed by atoms with Gasteiger partial charge in [0.15, 0.2) is 0 Å². The first kappa shape index (κ1) is 14.1. The van der Waals surface area contributed by atoms with E-state index in [4.69, 9.17) is 5.11 Å². The molecule has 0 aliphatic carbocycles. The lowest BCUT2D eigenvalue weighted by Gasteiger charge is -2.21. The zero-order valence-electron chi connectivity index (χ0n) is 10.2. The molecule has 3 unspecified atom stereocenters. The van der Waals surface area contributed by atoms with Gasteiger partial charge in [-0.15, -0.1) is 0 Å². The summed E-state index contributed by atoms with van der Waals surface area (Å²) in [5, 5.41) is 21.9. The quantitative estimate of drug-likeness (QED) is 0.707. The van der Waals surface area contributed by atoms with Crippen molar-refractivity contribution >= 4 is 0 Å². The van der Waals surface area contributed by atoms with Gasteiger partial charge in [0.2, 0.25) is 0 Å². The van der Waals surface area contributed by atoms with Gasteiger partial charge in [0.05, 0.1) is 6.10 Å². The van der Waals surface area contributed by atoms with E-state index < -0.39 is 11.9 Å². The number of hydrogen-bond donors (Lipinski definition) is 3. The summed E-state index contributed by atoms with van der Waals surface area (Å²) in [5.74, 6) is -0.299. The SMILES string of the molecule is CC(CO)C(C)NCC(O)c1ccccc1F. The molecule has 0 aliphatic rings. The summed E-state index contributed by atoms with van der Waals surface area (Å²) in [5.41, 5.74) is 0.295. The van der Waals surface area contributed by atoms with E-state index in [0.717, 1.165) is 0 Å². The van der Waals surface area contributed by atoms with Gasteiger partial charge in [0.25, 0.3) is 0 Å². The third kappa shape index (κ3) is 4.07. The molecule has 0 heterocycles. The highest BCUT2D eigenvalue weighted by atomic mass is 19.1. The van der Waals surface area contributed by atoms with E-state index in [-0.39, 0.29) is 25.1 Å². The molecule has 0 bridgehead atoms. The summed E-state index contributed by atoms with van der Waals surface area (Å²) in [6.07, 6.45) is -0.871. The van der Waals surface area contributed by atoms with Gasteiger partial charge in [-0.25, -0.2) is 4.39 Å². The summed E-state index contributed by atoms with van der Waals surface area (Å²) in [6.45, 7) is 4.19. The van der Waals surface area contributed by atoms with Crippen molar-refractivity contribution in [1.82, 2.24) is 5.32 Å². The normalized spacial score (nSPS) is 16.5. The highest BCUT2D eigenvalue weighted by Gasteiger charge is 2.15. The fraction of sp³-hybridized carbons (Fsp3) is 0.538. The van der Waals surface area contributed by atoms with Crippen molar-refractivity contribution < 1.29 is 14.6 Å². The van der Waals surface area contributed by atoms with Crippen molar-refractivity contribution in [3.8, 4) is 0 Å². The smallest absolute Gasteiger partial charge is 0.129 e. The Morgan fingerprint density at radius 3 is 2.53 bits per heavy atom. The van der Waals surface area contributed by atoms with Crippen LogP contribution < -0.4 is 5.32 Å². The largest absolute Gasteiger partial charge is 0.396 e. The van der Waals surface area contributed by atoms with Crippen molar-refractivity contribution in [1.29, 1.82) is 0 Å². The summed E-state index contributed by atoms with van der Waals surface area (Å²) < 4.78 is 13.4. The molecule has 0 radical (unpaired) electrons. The molecule has 3 atom stereocenters. The Morgan fingerprint density at radius 2 is 1.94 bits per heavy atom. The second-order valence-electron chi connectivity index (χ2n) is 4.39. The number of benzene rings is 1. The standard InChI is InChI=1S/C13H20FNO2/c1-9(8-16)10(2)15-7-13(17)11-5-3-4-6-12(11)14/h3-6,9-10,13,15-17H,7-8H2,1-2H3. The highest BCUT2D eigenvalue weighted by Crippen LogP contribution is 2.16. The van der Waals surface area contributed by atoms with E-state index in [9.17, 15) is 9.50 Å². The first-order chi connectivity index (χ1) is 8.06. The molecule has 0 aromatic heterocycles. The average molecular weight is 241 g/mol. The predicted octanol–water partition coefficient (Wildman–Crippen LogP) is 1.47. The van der Waals surface area contributed by atoms with Crippen molar-refractivity contribution in [3.05, 3.63) is 35.6 Å². The number of aliphatic hydroxyl groups excluding tert-OH is 2. The Balaban J connectivity index is 2.50. The minimum atomic E-state index is -0.871. The maximum absolute atomic E-state index is 13.4. The molecular formula is C13H20FNO2. The van der Waals surface area contributed by atoms with E-state index in [1.54, 1.807) is 18.2 Å². The predicted molar refractivity (Wildman–Crippen MR) is 65.1 cm³/mol. The van der Waals surface area contributed by atoms with E-state index >= 15 is 0 Å². The van der Waals surface area contributed by atoms with Gasteiger partial charge >= 0.3 is 0 Å². The molecule has 96 valence electrons. The van der Waals surface area contributed by atoms with Crippen LogP contribution in [-0.4, -0.2) is 29.4 Å². The van der Waals surface area contributed by atoms with Crippen molar-refractivity contribution in [2.75, 3.05) is 13.2 Å². The molecule has 1 rings (SSSR count). The number of aliphatic hydroxyl groups is 2. The van der Waals surface area contributed by atoms with Gasteiger partial charge in [0.1, 0.15) is 5.82 Å². The average Bonchev–Trinajstić information content (AvgIpc) is 2.35. The lowest BCUT2D eigenvalue weighted by atomic mass is 10.0. The minimum absolute atomic E-state index is 0.0708. The maximum Gasteiger partial charge on any atom is 0.129 e. The van der Waals surface area contributed by atoms with Crippen LogP contribution in [0, 0.1) is 11.7 Å². The van der Waals surface area contributed by atoms with Crippen LogP contribution in [0.3, 0.4) is 0 Å². The summed E-state index contributed by atoms with van der Waals surface area (Å²) in [4.78, 5) is 0. The summed E-state index contributed by atoms with van der Waals surface area (Å²) >= 11 is 0. The third-order valence-electron chi connectivity index (χ3n) is 3.04. The van der Waals surface area contributed by atoms with Crippen LogP contribution in [0.25, 0.3) is 0 Å². The molecule has 0 spiro atoms. The van der Waals surface area contributed by atoms with Crippen LogP contribution >= 0.6 is 0 Å². The van der Waals surface area contributed by atoms with Gasteiger partial charge in [-0.2, -0.15) is 0 Å². The van der Waals surface area contributed by atoms with Crippen LogP contribution in [-0.2, 0) is 0 Å². The first-order valence-corrected chi connectivity index (χ1v) is 5.83. The minimum Gasteiger partial charge on any atom is -0.396 e. The second-order valence-corrected chi connectivity index (χ2v) is 4.39. The van der Waals surface area contributed by atoms with Gasteiger partial charge in [-0.05, 0) is 18.9 Å². The fourth-order valence-electron chi connectivity index (χ4n) is 1.51. The van der Waals surface area contributed by atoms with Crippen LogP contribution in [0.4, 0.5) is 4.39 Å². The molecular weight excluding hydrogens is 221 g/mol. The molecule has 0 saturated carbocycles. The van der Waals surface area contributed by atoms with E-state index in [1.165, 1.54) is 6.07 Å². The number of nitrogens with one attached hydrogen (secondary N) is 1. The number of hydrogen-bond acceptors (Lipinski definition) is 3. The van der Waals surface area contributed by atoms with Gasteiger partial charge in [-0.3, -0.25) is 0 Å². The van der Waals surface area contributed by atoms with E-state index in [1.807, 2.05) is 13.8 Å². The van der Waals surface area contributed by atoms with E-state index in [0.29, 0.717) is 5.56 Å². The molecule has 0 saturated heterocycles. The lowest BCUT2D eigenvalue weighted by molar-refractivity contribution is 0.152. The number of halogens is 1. The van der Waals surface area contributed by atoms with Crippen LogP contribution in [0.5, 0.6) is 0 Å². The van der Waals surface area contributed by atoms with Crippen LogP contribution in [0.15, 0.2) is 24.3 Å². The molecule has 0 fully saturated rings. The zero-order chi connectivity index (χ0) is 12.8. The second kappa shape index (κ2) is 6.69. The topological polar surface area (TPSA) is 52.5 Å². The number of rotatable bonds is 6. The molecule has 3 nitrogen and oxygen atoms in total. The Bertz CT molecular complexity index is 346. The Morgan fingerprint density at radius 1 is 1.29 bits per heavy atom. The van der Waals surface area contributed by atoms with Gasteiger partial charge in [0, 0.05) is 24.8 Å². The van der Waals surface area contributed by atoms with Gasteiger partial charge < -0.3 is 15.5 Å². The van der Waals surface area contributed by atoms with Crippen LogP contribution in [0.1, 0.15) is 25.5 Å². The molecule has 1 aromatic carbocycles. The molecule has 17 heavy (non-hydrogen) atoms. The first-order valence-electron chi connectivity index (χ1n) is 5.83. The zero-order valence-corrected chi connectivity index (χ0v) is 10.2. The van der Waals surface area contributed by atoms with Gasteiger partial charge in [-0.1, -0.05) is 25.1 Å². The monoisotopic (exact) mass is 241 g/mol. The summed E-state index contributed by atoms with van der Waals surface area (Å²) in [7, 11) is 0. The fourth-order valence-corrected chi connectivity index (χ4v) is 1.51. The van der Waals surface area contributed by atoms with Crippen LogP contribution in [0.2, 0.25) is 0 Å². The third-order valence-corrected chi connectivity index (χ3v) is 3.04. The Labute approximate surface area is 101 Å². The Hall–Kier alpha value is -0.970. The molecule has 4 heteroatoms. The molecule has 0 amide bonds. The Kier molecular flexibility index (Phi) is 5.55. The van der Waals surface area contributed by atoms with Crippen molar-refractivity contribution in [2.45, 2.75) is 26.0 Å². The molecule has 1 aromatic rings. The molecule has 0 aliphatic heterocycles. The summed E-state index contributed by atoms with van der Waals surface area (Å²) in [6, 6.07) is 6.26. The van der Waals surface area contributed by atoms with Crippen molar-refractivity contribution in [2.24, 2.45) is 5.92 Å². The highest BCUT2D eigenvalue weighted by molar-refractivity contribution is 5.19. The van der Waals surface area contributed by atoms with Crippen molar-refractivity contribution in [3.63, 3.8) is 0 Å². The van der Waals surface area contributed by atoms with E-state index in [2.05, 4.69) is 5.32 Å². The lowest BCUT2D eigenvalue weighted by Crippen LogP contribution is -2.36. The maximum atomic E-state index is 13.4.